The first-order valence-electron chi connectivity index (χ1n) is 4.21. The van der Waals surface area contributed by atoms with Gasteiger partial charge in [0.25, 0.3) is 0 Å². The lowest BCUT2D eigenvalue weighted by molar-refractivity contribution is -0.329. The number of ether oxygens (including phenoxy) is 1. The quantitative estimate of drug-likeness (QED) is 0.740. The van der Waals surface area contributed by atoms with Gasteiger partial charge in [-0.1, -0.05) is 0 Å². The van der Waals surface area contributed by atoms with Gasteiger partial charge in [0.2, 0.25) is 6.10 Å². The highest BCUT2D eigenvalue weighted by molar-refractivity contribution is 4.80. The van der Waals surface area contributed by atoms with Crippen LogP contribution in [0.4, 0.5) is 26.3 Å². The molecule has 1 heterocycles. The Morgan fingerprint density at radius 3 is 1.93 bits per heavy atom. The highest BCUT2D eigenvalue weighted by Crippen LogP contribution is 2.36. The molecule has 0 aromatic carbocycles. The van der Waals surface area contributed by atoms with Crippen LogP contribution in [0.3, 0.4) is 0 Å². The number of alkyl halides is 6. The van der Waals surface area contributed by atoms with Crippen molar-refractivity contribution in [2.24, 2.45) is 0 Å². The predicted molar refractivity (Wildman–Crippen MR) is 38.3 cm³/mol. The van der Waals surface area contributed by atoms with Crippen LogP contribution in [0.25, 0.3) is 0 Å². The van der Waals surface area contributed by atoms with Crippen LogP contribution in [0.2, 0.25) is 0 Å². The Kier molecular flexibility index (Phi) is 3.49. The van der Waals surface area contributed by atoms with E-state index in [-0.39, 0.29) is 13.0 Å². The molecular formula is C7H9F6NO. The molecule has 0 unspecified atom stereocenters. The van der Waals surface area contributed by atoms with Crippen molar-refractivity contribution in [3.8, 4) is 0 Å². The third-order valence-corrected chi connectivity index (χ3v) is 1.94. The van der Waals surface area contributed by atoms with E-state index in [2.05, 4.69) is 10.1 Å². The van der Waals surface area contributed by atoms with E-state index in [9.17, 15) is 26.3 Å². The van der Waals surface area contributed by atoms with Crippen molar-refractivity contribution >= 4 is 0 Å². The molecule has 1 rings (SSSR count). The van der Waals surface area contributed by atoms with E-state index in [0.717, 1.165) is 0 Å². The summed E-state index contributed by atoms with van der Waals surface area (Å²) in [6.07, 6.45) is -15.4. The smallest absolute Gasteiger partial charge is 0.356 e. The summed E-state index contributed by atoms with van der Waals surface area (Å²) in [7, 11) is 0. The molecule has 1 aliphatic heterocycles. The van der Waals surface area contributed by atoms with Gasteiger partial charge in [0.05, 0.1) is 6.10 Å². The van der Waals surface area contributed by atoms with Gasteiger partial charge >= 0.3 is 12.4 Å². The van der Waals surface area contributed by atoms with Gasteiger partial charge < -0.3 is 10.1 Å². The summed E-state index contributed by atoms with van der Waals surface area (Å²) in [5.74, 6) is 0. The third kappa shape index (κ3) is 3.53. The summed E-state index contributed by atoms with van der Waals surface area (Å²) < 4.78 is 76.1. The first-order chi connectivity index (χ1) is 6.71. The average Bonchev–Trinajstić information content (AvgIpc) is 2.46. The molecule has 90 valence electrons. The molecule has 1 saturated heterocycles. The number of rotatable bonds is 2. The van der Waals surface area contributed by atoms with Crippen LogP contribution in [0.5, 0.6) is 0 Å². The maximum absolute atomic E-state index is 12.0. The van der Waals surface area contributed by atoms with E-state index in [0.29, 0.717) is 6.54 Å². The molecule has 0 radical (unpaired) electrons. The van der Waals surface area contributed by atoms with Crippen molar-refractivity contribution in [2.75, 3.05) is 13.1 Å². The second-order valence-corrected chi connectivity index (χ2v) is 3.21. The zero-order chi connectivity index (χ0) is 11.7. The molecular weight excluding hydrogens is 228 g/mol. The number of nitrogens with one attached hydrogen (secondary N) is 1. The zero-order valence-corrected chi connectivity index (χ0v) is 7.45. The normalized spacial score (nSPS) is 23.8. The predicted octanol–water partition coefficient (Wildman–Crippen LogP) is 1.86. The molecule has 0 bridgehead atoms. The van der Waals surface area contributed by atoms with Crippen molar-refractivity contribution in [2.45, 2.75) is 31.0 Å². The summed E-state index contributed by atoms with van der Waals surface area (Å²) in [4.78, 5) is 0. The van der Waals surface area contributed by atoms with Gasteiger partial charge in [0.1, 0.15) is 0 Å². The highest BCUT2D eigenvalue weighted by atomic mass is 19.4. The number of hydrogen-bond acceptors (Lipinski definition) is 2. The molecule has 0 spiro atoms. The standard InChI is InChI=1S/C7H9F6NO/c8-6(9,10)5(7(11,12)13)15-4-1-2-14-3-4/h4-5,14H,1-3H2/t4-/m0/s1. The minimum absolute atomic E-state index is 0.0165. The zero-order valence-electron chi connectivity index (χ0n) is 7.45. The molecule has 1 fully saturated rings. The van der Waals surface area contributed by atoms with E-state index in [1.165, 1.54) is 0 Å². The molecule has 0 amide bonds. The summed E-state index contributed by atoms with van der Waals surface area (Å²) in [5.41, 5.74) is 0. The Morgan fingerprint density at radius 2 is 1.60 bits per heavy atom. The van der Waals surface area contributed by atoms with Crippen molar-refractivity contribution in [1.29, 1.82) is 0 Å². The molecule has 8 heteroatoms. The van der Waals surface area contributed by atoms with Crippen molar-refractivity contribution in [1.82, 2.24) is 5.32 Å². The lowest BCUT2D eigenvalue weighted by Gasteiger charge is -2.25. The molecule has 0 aromatic rings. The fourth-order valence-electron chi connectivity index (χ4n) is 1.28. The van der Waals surface area contributed by atoms with Gasteiger partial charge in [0.15, 0.2) is 0 Å². The van der Waals surface area contributed by atoms with Gasteiger partial charge in [-0.3, -0.25) is 0 Å². The van der Waals surface area contributed by atoms with Gasteiger partial charge in [0, 0.05) is 6.54 Å². The van der Waals surface area contributed by atoms with Crippen LogP contribution in [0, 0.1) is 0 Å². The Morgan fingerprint density at radius 1 is 1.07 bits per heavy atom. The van der Waals surface area contributed by atoms with Crippen LogP contribution in [-0.4, -0.2) is 37.7 Å². The van der Waals surface area contributed by atoms with Crippen LogP contribution >= 0.6 is 0 Å². The van der Waals surface area contributed by atoms with Crippen LogP contribution in [0.15, 0.2) is 0 Å². The van der Waals surface area contributed by atoms with E-state index in [1.807, 2.05) is 0 Å². The third-order valence-electron chi connectivity index (χ3n) is 1.94. The van der Waals surface area contributed by atoms with Crippen molar-refractivity contribution < 1.29 is 31.1 Å². The molecule has 1 aliphatic rings. The SMILES string of the molecule is FC(F)(F)C(O[C@H]1CCNC1)C(F)(F)F. The molecule has 1 atom stereocenters. The van der Waals surface area contributed by atoms with Gasteiger partial charge in [-0.2, -0.15) is 26.3 Å². The van der Waals surface area contributed by atoms with E-state index in [4.69, 9.17) is 0 Å². The fraction of sp³-hybridized carbons (Fsp3) is 1.00. The summed E-state index contributed by atoms with van der Waals surface area (Å²) in [6, 6.07) is 0. The summed E-state index contributed by atoms with van der Waals surface area (Å²) in [5, 5.41) is 2.62. The lowest BCUT2D eigenvalue weighted by Crippen LogP contribution is -2.46. The number of halogens is 6. The second kappa shape index (κ2) is 4.17. The maximum atomic E-state index is 12.0. The van der Waals surface area contributed by atoms with Gasteiger partial charge in [-0.25, -0.2) is 0 Å². The number of hydrogen-bond donors (Lipinski definition) is 1. The Bertz CT molecular complexity index is 193. The minimum Gasteiger partial charge on any atom is -0.356 e. The van der Waals surface area contributed by atoms with Gasteiger partial charge in [-0.15, -0.1) is 0 Å². The van der Waals surface area contributed by atoms with Gasteiger partial charge in [-0.05, 0) is 13.0 Å². The van der Waals surface area contributed by atoms with Crippen molar-refractivity contribution in [3.63, 3.8) is 0 Å². The van der Waals surface area contributed by atoms with E-state index in [1.54, 1.807) is 0 Å². The summed E-state index contributed by atoms with van der Waals surface area (Å²) in [6.45, 7) is 0.385. The largest absolute Gasteiger partial charge is 0.423 e. The Balaban J connectivity index is 2.65. The molecule has 1 N–H and O–H groups in total. The van der Waals surface area contributed by atoms with Crippen molar-refractivity contribution in [3.05, 3.63) is 0 Å². The molecule has 0 aromatic heterocycles. The fourth-order valence-corrected chi connectivity index (χ4v) is 1.28. The monoisotopic (exact) mass is 237 g/mol. The Hall–Kier alpha value is -0.500. The first-order valence-corrected chi connectivity index (χ1v) is 4.21. The van der Waals surface area contributed by atoms with E-state index >= 15 is 0 Å². The summed E-state index contributed by atoms with van der Waals surface area (Å²) >= 11 is 0. The maximum Gasteiger partial charge on any atom is 0.423 e. The molecule has 0 saturated carbocycles. The second-order valence-electron chi connectivity index (χ2n) is 3.21. The molecule has 2 nitrogen and oxygen atoms in total. The van der Waals surface area contributed by atoms with Crippen LogP contribution in [0.1, 0.15) is 6.42 Å². The first kappa shape index (κ1) is 12.6. The average molecular weight is 237 g/mol. The van der Waals surface area contributed by atoms with E-state index < -0.39 is 24.6 Å². The topological polar surface area (TPSA) is 21.3 Å². The van der Waals surface area contributed by atoms with Crippen LogP contribution < -0.4 is 5.32 Å². The lowest BCUT2D eigenvalue weighted by atomic mass is 10.3. The van der Waals surface area contributed by atoms with Crippen LogP contribution in [-0.2, 0) is 4.74 Å². The molecule has 0 aliphatic carbocycles. The minimum atomic E-state index is -5.42. The highest BCUT2D eigenvalue weighted by Gasteiger charge is 2.58. The Labute approximate surface area is 81.6 Å². The molecule has 15 heavy (non-hydrogen) atoms.